The third-order valence-corrected chi connectivity index (χ3v) is 2.38. The molecule has 0 heterocycles. The molecule has 0 nitrogen and oxygen atoms in total. The van der Waals surface area contributed by atoms with Gasteiger partial charge in [0.25, 0.3) is 0 Å². The topological polar surface area (TPSA) is 0 Å². The fourth-order valence-corrected chi connectivity index (χ4v) is 1.56. The molecular weight excluding hydrogens is 180 g/mol. The molecule has 1 aromatic carbocycles. The molecule has 0 aliphatic carbocycles. The third kappa shape index (κ3) is 3.40. The lowest BCUT2D eigenvalue weighted by Gasteiger charge is -2.18. The Labute approximate surface area is 85.9 Å². The molecule has 0 radical (unpaired) electrons. The molecule has 0 aromatic heterocycles. The van der Waals surface area contributed by atoms with Gasteiger partial charge in [0.15, 0.2) is 0 Å². The average molecular weight is 197 g/mol. The Hall–Kier alpha value is -0.490. The Balaban J connectivity index is 2.86. The lowest BCUT2D eigenvalue weighted by atomic mass is 9.88. The van der Waals surface area contributed by atoms with Crippen molar-refractivity contribution < 1.29 is 0 Å². The maximum Gasteiger partial charge on any atom is 0.0437 e. The van der Waals surface area contributed by atoms with Crippen LogP contribution in [0, 0.1) is 12.3 Å². The molecule has 0 aliphatic rings. The molecule has 0 unspecified atom stereocenters. The first kappa shape index (κ1) is 10.6. The summed E-state index contributed by atoms with van der Waals surface area (Å²) in [5, 5.41) is 0.877. The minimum atomic E-state index is 0.332. The number of hydrogen-bond acceptors (Lipinski definition) is 0. The smallest absolute Gasteiger partial charge is 0.0437 e. The van der Waals surface area contributed by atoms with Crippen LogP contribution < -0.4 is 0 Å². The number of aryl methyl sites for hydroxylation is 1. The highest BCUT2D eigenvalue weighted by Gasteiger charge is 2.11. The van der Waals surface area contributed by atoms with Crippen LogP contribution in [0.3, 0.4) is 0 Å². The molecule has 0 saturated heterocycles. The standard InChI is InChI=1S/C12H17Cl/c1-9-5-6-10(7-11(9)13)8-12(2,3)4/h5-7H,8H2,1-4H3. The van der Waals surface area contributed by atoms with Crippen molar-refractivity contribution in [3.8, 4) is 0 Å². The van der Waals surface area contributed by atoms with E-state index in [-0.39, 0.29) is 0 Å². The summed E-state index contributed by atoms with van der Waals surface area (Å²) in [4.78, 5) is 0. The van der Waals surface area contributed by atoms with Gasteiger partial charge in [-0.1, -0.05) is 44.5 Å². The molecule has 0 spiro atoms. The molecule has 0 N–H and O–H groups in total. The van der Waals surface area contributed by atoms with E-state index in [1.165, 1.54) is 5.56 Å². The van der Waals surface area contributed by atoms with Gasteiger partial charge in [0.1, 0.15) is 0 Å². The van der Waals surface area contributed by atoms with Crippen molar-refractivity contribution in [2.45, 2.75) is 34.1 Å². The summed E-state index contributed by atoms with van der Waals surface area (Å²) in [6, 6.07) is 6.32. The molecule has 1 heteroatoms. The Kier molecular flexibility index (Phi) is 3.02. The zero-order valence-corrected chi connectivity index (χ0v) is 9.57. The minimum Gasteiger partial charge on any atom is -0.0840 e. The largest absolute Gasteiger partial charge is 0.0840 e. The van der Waals surface area contributed by atoms with Gasteiger partial charge in [-0.3, -0.25) is 0 Å². The zero-order chi connectivity index (χ0) is 10.1. The SMILES string of the molecule is Cc1ccc(CC(C)(C)C)cc1Cl. The second-order valence-corrected chi connectivity index (χ2v) is 5.23. The van der Waals surface area contributed by atoms with Gasteiger partial charge >= 0.3 is 0 Å². The molecule has 13 heavy (non-hydrogen) atoms. The first-order valence-corrected chi connectivity index (χ1v) is 5.01. The van der Waals surface area contributed by atoms with Crippen LogP contribution in [-0.2, 0) is 6.42 Å². The second kappa shape index (κ2) is 3.71. The fraction of sp³-hybridized carbons (Fsp3) is 0.500. The van der Waals surface area contributed by atoms with Gasteiger partial charge in [0.05, 0.1) is 0 Å². The number of hydrogen-bond donors (Lipinski definition) is 0. The van der Waals surface area contributed by atoms with Crippen molar-refractivity contribution in [1.82, 2.24) is 0 Å². The Morgan fingerprint density at radius 3 is 2.31 bits per heavy atom. The molecule has 0 bridgehead atoms. The van der Waals surface area contributed by atoms with Gasteiger partial charge in [-0.15, -0.1) is 0 Å². The summed E-state index contributed by atoms with van der Waals surface area (Å²) in [5.41, 5.74) is 2.81. The van der Waals surface area contributed by atoms with E-state index in [9.17, 15) is 0 Å². The zero-order valence-electron chi connectivity index (χ0n) is 8.82. The summed E-state index contributed by atoms with van der Waals surface area (Å²) in [7, 11) is 0. The van der Waals surface area contributed by atoms with Gasteiger partial charge < -0.3 is 0 Å². The first-order valence-electron chi connectivity index (χ1n) is 4.63. The summed E-state index contributed by atoms with van der Waals surface area (Å²) >= 11 is 6.04. The van der Waals surface area contributed by atoms with E-state index in [4.69, 9.17) is 11.6 Å². The van der Waals surface area contributed by atoms with Crippen molar-refractivity contribution in [2.75, 3.05) is 0 Å². The van der Waals surface area contributed by atoms with E-state index >= 15 is 0 Å². The van der Waals surface area contributed by atoms with Gasteiger partial charge in [-0.05, 0) is 36.0 Å². The number of rotatable bonds is 1. The normalized spacial score (nSPS) is 11.8. The Bertz CT molecular complexity index is 294. The number of halogens is 1. The van der Waals surface area contributed by atoms with Crippen LogP contribution in [0.4, 0.5) is 0 Å². The van der Waals surface area contributed by atoms with Crippen LogP contribution in [0.1, 0.15) is 31.9 Å². The molecule has 0 fully saturated rings. The minimum absolute atomic E-state index is 0.332. The molecule has 0 saturated carbocycles. The van der Waals surface area contributed by atoms with E-state index in [1.807, 2.05) is 6.92 Å². The maximum absolute atomic E-state index is 6.04. The van der Waals surface area contributed by atoms with Crippen molar-refractivity contribution in [3.05, 3.63) is 34.3 Å². The van der Waals surface area contributed by atoms with Gasteiger partial charge in [0, 0.05) is 5.02 Å². The molecule has 0 atom stereocenters. The molecule has 1 aromatic rings. The number of benzene rings is 1. The van der Waals surface area contributed by atoms with Gasteiger partial charge in [0.2, 0.25) is 0 Å². The van der Waals surface area contributed by atoms with Gasteiger partial charge in [-0.25, -0.2) is 0 Å². The maximum atomic E-state index is 6.04. The molecule has 0 amide bonds. The van der Waals surface area contributed by atoms with Crippen LogP contribution in [0.5, 0.6) is 0 Å². The average Bonchev–Trinajstić information content (AvgIpc) is 1.94. The molecular formula is C12H17Cl. The first-order chi connectivity index (χ1) is 5.88. The summed E-state index contributed by atoms with van der Waals surface area (Å²) < 4.78 is 0. The van der Waals surface area contributed by atoms with Crippen molar-refractivity contribution in [3.63, 3.8) is 0 Å². The lowest BCUT2D eigenvalue weighted by molar-refractivity contribution is 0.411. The van der Waals surface area contributed by atoms with E-state index in [0.29, 0.717) is 5.41 Å². The predicted molar refractivity (Wildman–Crippen MR) is 59.3 cm³/mol. The van der Waals surface area contributed by atoms with Crippen LogP contribution in [0.25, 0.3) is 0 Å². The fourth-order valence-electron chi connectivity index (χ4n) is 1.36. The van der Waals surface area contributed by atoms with E-state index in [0.717, 1.165) is 17.0 Å². The van der Waals surface area contributed by atoms with E-state index in [2.05, 4.69) is 39.0 Å². The van der Waals surface area contributed by atoms with E-state index < -0.39 is 0 Å². The van der Waals surface area contributed by atoms with Crippen LogP contribution in [0.15, 0.2) is 18.2 Å². The Morgan fingerprint density at radius 1 is 1.23 bits per heavy atom. The van der Waals surface area contributed by atoms with Crippen molar-refractivity contribution in [1.29, 1.82) is 0 Å². The van der Waals surface area contributed by atoms with Gasteiger partial charge in [-0.2, -0.15) is 0 Å². The monoisotopic (exact) mass is 196 g/mol. The van der Waals surface area contributed by atoms with Crippen molar-refractivity contribution >= 4 is 11.6 Å². The third-order valence-electron chi connectivity index (χ3n) is 1.97. The second-order valence-electron chi connectivity index (χ2n) is 4.82. The Morgan fingerprint density at radius 2 is 1.85 bits per heavy atom. The quantitative estimate of drug-likeness (QED) is 0.631. The van der Waals surface area contributed by atoms with Crippen LogP contribution in [-0.4, -0.2) is 0 Å². The molecule has 0 aliphatic heterocycles. The lowest BCUT2D eigenvalue weighted by Crippen LogP contribution is -2.08. The predicted octanol–water partition coefficient (Wildman–Crippen LogP) is 4.24. The summed E-state index contributed by atoms with van der Waals surface area (Å²) in [6.45, 7) is 8.74. The van der Waals surface area contributed by atoms with Crippen molar-refractivity contribution in [2.24, 2.45) is 5.41 Å². The molecule has 72 valence electrons. The highest BCUT2D eigenvalue weighted by molar-refractivity contribution is 6.31. The van der Waals surface area contributed by atoms with E-state index in [1.54, 1.807) is 0 Å². The highest BCUT2D eigenvalue weighted by atomic mass is 35.5. The molecule has 1 rings (SSSR count). The van der Waals surface area contributed by atoms with Crippen LogP contribution >= 0.6 is 11.6 Å². The summed E-state index contributed by atoms with van der Waals surface area (Å²) in [6.07, 6.45) is 1.08. The highest BCUT2D eigenvalue weighted by Crippen LogP contribution is 2.24. The summed E-state index contributed by atoms with van der Waals surface area (Å²) in [5.74, 6) is 0. The van der Waals surface area contributed by atoms with Crippen LogP contribution in [0.2, 0.25) is 5.02 Å².